The molecule has 0 aliphatic carbocycles. The minimum atomic E-state index is -2.11. The molecular weight excluding hydrogens is 208 g/mol. The Morgan fingerprint density at radius 2 is 1.20 bits per heavy atom. The fraction of sp³-hybridized carbons (Fsp3) is 0.800. The van der Waals surface area contributed by atoms with Crippen LogP contribution in [-0.2, 0) is 9.59 Å². The van der Waals surface area contributed by atoms with Crippen LogP contribution in [0.1, 0.15) is 27.7 Å². The van der Waals surface area contributed by atoms with E-state index < -0.39 is 8.40 Å². The van der Waals surface area contributed by atoms with E-state index in [1.54, 1.807) is 37.1 Å². The largest absolute Gasteiger partial charge is 0.354 e. The van der Waals surface area contributed by atoms with Crippen LogP contribution in [0.2, 0.25) is 12.1 Å². The molecule has 0 rings (SSSR count). The van der Waals surface area contributed by atoms with Gasteiger partial charge in [0.1, 0.15) is 0 Å². The van der Waals surface area contributed by atoms with Crippen LogP contribution >= 0.6 is 0 Å². The van der Waals surface area contributed by atoms with Crippen molar-refractivity contribution < 1.29 is 9.59 Å². The van der Waals surface area contributed by atoms with Gasteiger partial charge in [0.05, 0.1) is 0 Å². The summed E-state index contributed by atoms with van der Waals surface area (Å²) in [5.41, 5.74) is 0. The maximum absolute atomic E-state index is 11.5. The maximum Gasteiger partial charge on any atom is 0.267 e. The van der Waals surface area contributed by atoms with Gasteiger partial charge in [-0.2, -0.15) is 0 Å². The molecule has 0 bridgehead atoms. The zero-order valence-corrected chi connectivity index (χ0v) is 11.6. The molecule has 0 saturated carbocycles. The molecule has 0 N–H and O–H groups in total. The van der Waals surface area contributed by atoms with Crippen LogP contribution in [0.3, 0.4) is 0 Å². The third-order valence-corrected chi connectivity index (χ3v) is 8.72. The van der Waals surface area contributed by atoms with Crippen LogP contribution in [0.25, 0.3) is 0 Å². The highest BCUT2D eigenvalue weighted by molar-refractivity contribution is 6.78. The van der Waals surface area contributed by atoms with Gasteiger partial charge >= 0.3 is 0 Å². The minimum absolute atomic E-state index is 0.0402. The van der Waals surface area contributed by atoms with Crippen LogP contribution in [0.15, 0.2) is 0 Å². The summed E-state index contributed by atoms with van der Waals surface area (Å²) in [7, 11) is 1.50. The van der Waals surface area contributed by atoms with E-state index in [4.69, 9.17) is 0 Å². The SMILES string of the molecule is CC[Si](CC)(N(C)C(C)=O)N(C)C(C)=O. The molecule has 0 aromatic heterocycles. The molecule has 0 aliphatic rings. The Hall–Kier alpha value is -0.843. The highest BCUT2D eigenvalue weighted by Crippen LogP contribution is 2.22. The van der Waals surface area contributed by atoms with E-state index in [2.05, 4.69) is 13.8 Å². The number of amides is 2. The zero-order chi connectivity index (χ0) is 12.2. The predicted molar refractivity (Wildman–Crippen MR) is 63.6 cm³/mol. The van der Waals surface area contributed by atoms with E-state index in [9.17, 15) is 9.59 Å². The molecule has 0 spiro atoms. The van der Waals surface area contributed by atoms with E-state index >= 15 is 0 Å². The van der Waals surface area contributed by atoms with Gasteiger partial charge in [0.15, 0.2) is 0 Å². The lowest BCUT2D eigenvalue weighted by Gasteiger charge is -2.44. The Balaban J connectivity index is 5.20. The highest BCUT2D eigenvalue weighted by atomic mass is 28.3. The summed E-state index contributed by atoms with van der Waals surface area (Å²) in [4.78, 5) is 22.9. The molecule has 0 radical (unpaired) electrons. The van der Waals surface area contributed by atoms with Gasteiger partial charge in [0.2, 0.25) is 11.8 Å². The quantitative estimate of drug-likeness (QED) is 0.685. The first-order valence-electron chi connectivity index (χ1n) is 5.32. The van der Waals surface area contributed by atoms with Crippen LogP contribution < -0.4 is 0 Å². The minimum Gasteiger partial charge on any atom is -0.354 e. The molecule has 15 heavy (non-hydrogen) atoms. The molecule has 0 unspecified atom stereocenters. The Morgan fingerprint density at radius 1 is 0.933 bits per heavy atom. The van der Waals surface area contributed by atoms with Gasteiger partial charge in [0, 0.05) is 27.9 Å². The van der Waals surface area contributed by atoms with Crippen molar-refractivity contribution >= 4 is 20.2 Å². The second-order valence-electron chi connectivity index (χ2n) is 3.85. The van der Waals surface area contributed by atoms with Gasteiger partial charge in [-0.25, -0.2) is 0 Å². The van der Waals surface area contributed by atoms with E-state index in [1.807, 2.05) is 0 Å². The Kier molecular flexibility index (Phi) is 5.00. The third kappa shape index (κ3) is 2.59. The smallest absolute Gasteiger partial charge is 0.267 e. The fourth-order valence-corrected chi connectivity index (χ4v) is 6.03. The van der Waals surface area contributed by atoms with Crippen molar-refractivity contribution in [2.45, 2.75) is 39.8 Å². The van der Waals surface area contributed by atoms with Crippen LogP contribution in [0.5, 0.6) is 0 Å². The summed E-state index contributed by atoms with van der Waals surface area (Å²) in [6, 6.07) is 1.74. The topological polar surface area (TPSA) is 40.6 Å². The molecule has 0 aromatic rings. The summed E-state index contributed by atoms with van der Waals surface area (Å²) in [5, 5.41) is 0. The first-order valence-corrected chi connectivity index (χ1v) is 7.63. The lowest BCUT2D eigenvalue weighted by atomic mass is 10.7. The van der Waals surface area contributed by atoms with E-state index in [0.717, 1.165) is 12.1 Å². The third-order valence-electron chi connectivity index (χ3n) is 3.33. The molecule has 0 fully saturated rings. The zero-order valence-electron chi connectivity index (χ0n) is 10.6. The molecular formula is C10H22N2O2Si. The summed E-state index contributed by atoms with van der Waals surface area (Å²) in [6.45, 7) is 7.21. The van der Waals surface area contributed by atoms with Crippen molar-refractivity contribution in [2.24, 2.45) is 0 Å². The summed E-state index contributed by atoms with van der Waals surface area (Å²) in [6.07, 6.45) is 0. The normalized spacial score (nSPS) is 11.1. The van der Waals surface area contributed by atoms with Gasteiger partial charge in [-0.1, -0.05) is 13.8 Å². The lowest BCUT2D eigenvalue weighted by molar-refractivity contribution is -0.126. The monoisotopic (exact) mass is 230 g/mol. The van der Waals surface area contributed by atoms with Crippen molar-refractivity contribution in [2.75, 3.05) is 14.1 Å². The molecule has 2 amide bonds. The molecule has 0 saturated heterocycles. The standard InChI is InChI=1S/C10H22N2O2Si/c1-7-15(8-2,11(5)9(3)13)12(6)10(4)14/h7-8H2,1-6H3. The average Bonchev–Trinajstić information content (AvgIpc) is 2.19. The molecule has 5 heteroatoms. The number of carbonyl (C=O) groups excluding carboxylic acids is 2. The van der Waals surface area contributed by atoms with Crippen molar-refractivity contribution in [1.29, 1.82) is 0 Å². The number of hydrogen-bond acceptors (Lipinski definition) is 2. The molecule has 0 aliphatic heterocycles. The van der Waals surface area contributed by atoms with E-state index in [-0.39, 0.29) is 11.8 Å². The molecule has 4 nitrogen and oxygen atoms in total. The molecule has 0 atom stereocenters. The Morgan fingerprint density at radius 3 is 1.33 bits per heavy atom. The van der Waals surface area contributed by atoms with E-state index in [1.165, 1.54) is 0 Å². The number of rotatable bonds is 4. The van der Waals surface area contributed by atoms with Gasteiger partial charge in [-0.3, -0.25) is 9.59 Å². The summed E-state index contributed by atoms with van der Waals surface area (Å²) >= 11 is 0. The number of nitrogens with zero attached hydrogens (tertiary/aromatic N) is 2. The van der Waals surface area contributed by atoms with Crippen LogP contribution in [0, 0.1) is 0 Å². The Bertz CT molecular complexity index is 230. The summed E-state index contributed by atoms with van der Waals surface area (Å²) < 4.78 is 3.57. The molecule has 88 valence electrons. The van der Waals surface area contributed by atoms with Crippen molar-refractivity contribution in [3.63, 3.8) is 0 Å². The lowest BCUT2D eigenvalue weighted by Crippen LogP contribution is -2.64. The van der Waals surface area contributed by atoms with Crippen molar-refractivity contribution in [1.82, 2.24) is 9.13 Å². The number of hydrogen-bond donors (Lipinski definition) is 0. The first-order chi connectivity index (χ1) is 6.83. The predicted octanol–water partition coefficient (Wildman–Crippen LogP) is 1.42. The van der Waals surface area contributed by atoms with Gasteiger partial charge < -0.3 is 9.13 Å². The first kappa shape index (κ1) is 14.2. The molecule has 0 aromatic carbocycles. The van der Waals surface area contributed by atoms with Crippen LogP contribution in [-0.4, -0.2) is 43.4 Å². The van der Waals surface area contributed by atoms with Gasteiger partial charge in [0.25, 0.3) is 8.40 Å². The van der Waals surface area contributed by atoms with E-state index in [0.29, 0.717) is 0 Å². The Labute approximate surface area is 93.4 Å². The fourth-order valence-electron chi connectivity index (χ4n) is 2.01. The van der Waals surface area contributed by atoms with Crippen LogP contribution in [0.4, 0.5) is 0 Å². The second-order valence-corrected chi connectivity index (χ2v) is 8.57. The van der Waals surface area contributed by atoms with Gasteiger partial charge in [-0.15, -0.1) is 0 Å². The second kappa shape index (κ2) is 5.30. The molecule has 0 heterocycles. The van der Waals surface area contributed by atoms with Crippen molar-refractivity contribution in [3.8, 4) is 0 Å². The summed E-state index contributed by atoms with van der Waals surface area (Å²) in [5.74, 6) is 0.0805. The van der Waals surface area contributed by atoms with Gasteiger partial charge in [-0.05, 0) is 12.1 Å². The number of carbonyl (C=O) groups is 2. The average molecular weight is 230 g/mol. The highest BCUT2D eigenvalue weighted by Gasteiger charge is 2.42. The maximum atomic E-state index is 11.5. The van der Waals surface area contributed by atoms with Crippen molar-refractivity contribution in [3.05, 3.63) is 0 Å².